The summed E-state index contributed by atoms with van der Waals surface area (Å²) in [5, 5.41) is 2.81. The Kier molecular flexibility index (Phi) is 7.22. The summed E-state index contributed by atoms with van der Waals surface area (Å²) in [5.41, 5.74) is 0.915. The monoisotopic (exact) mass is 410 g/mol. The van der Waals surface area contributed by atoms with Gasteiger partial charge in [0.15, 0.2) is 6.61 Å². The van der Waals surface area contributed by atoms with Gasteiger partial charge in [0.05, 0.1) is 4.90 Å². The maximum Gasteiger partial charge on any atom is 0.324 e. The first-order valence-corrected chi connectivity index (χ1v) is 11.1. The van der Waals surface area contributed by atoms with Gasteiger partial charge in [-0.3, -0.25) is 9.59 Å². The predicted molar refractivity (Wildman–Crippen MR) is 106 cm³/mol. The zero-order valence-corrected chi connectivity index (χ0v) is 17.8. The van der Waals surface area contributed by atoms with Crippen molar-refractivity contribution in [2.24, 2.45) is 0 Å². The second-order valence-corrected chi connectivity index (χ2v) is 9.99. The number of carbonyl (C=O) groups excluding carboxylic acids is 2. The highest BCUT2D eigenvalue weighted by Gasteiger charge is 2.25. The third kappa shape index (κ3) is 6.31. The molecule has 0 radical (unpaired) electrons. The summed E-state index contributed by atoms with van der Waals surface area (Å²) in [4.78, 5) is 23.9. The van der Waals surface area contributed by atoms with Crippen molar-refractivity contribution < 1.29 is 22.7 Å². The van der Waals surface area contributed by atoms with E-state index in [9.17, 15) is 18.0 Å². The summed E-state index contributed by atoms with van der Waals surface area (Å²) < 4.78 is 32.2. The van der Waals surface area contributed by atoms with Crippen molar-refractivity contribution in [1.82, 2.24) is 10.0 Å². The maximum atomic E-state index is 12.5. The van der Waals surface area contributed by atoms with Crippen molar-refractivity contribution in [2.45, 2.75) is 75.8 Å². The standard InChI is InChI=1S/C20H30N2O5S/c1-14(19(24)27-13-18(23)21-16-7-5-6-8-16)22-28(25,26)17-11-9-15(10-12-17)20(2,3)4/h9-12,14,16,22H,5-8,13H2,1-4H3,(H,21,23)/t14-/m0/s1. The van der Waals surface area contributed by atoms with E-state index in [4.69, 9.17) is 4.74 Å². The van der Waals surface area contributed by atoms with Gasteiger partial charge < -0.3 is 10.1 Å². The van der Waals surface area contributed by atoms with Gasteiger partial charge >= 0.3 is 5.97 Å². The smallest absolute Gasteiger partial charge is 0.324 e. The second kappa shape index (κ2) is 9.05. The van der Waals surface area contributed by atoms with Crippen LogP contribution in [0, 0.1) is 0 Å². The quantitative estimate of drug-likeness (QED) is 0.672. The van der Waals surface area contributed by atoms with Crippen LogP contribution in [0.15, 0.2) is 29.2 Å². The predicted octanol–water partition coefficient (Wildman–Crippen LogP) is 2.25. The first-order valence-electron chi connectivity index (χ1n) is 9.58. The summed E-state index contributed by atoms with van der Waals surface area (Å²) in [6.07, 6.45) is 4.04. The molecular weight excluding hydrogens is 380 g/mol. The van der Waals surface area contributed by atoms with Crippen molar-refractivity contribution in [2.75, 3.05) is 6.61 Å². The molecule has 0 saturated heterocycles. The van der Waals surface area contributed by atoms with Crippen LogP contribution >= 0.6 is 0 Å². The van der Waals surface area contributed by atoms with Crippen LogP contribution in [0.2, 0.25) is 0 Å². The fraction of sp³-hybridized carbons (Fsp3) is 0.600. The zero-order valence-electron chi connectivity index (χ0n) is 16.9. The van der Waals surface area contributed by atoms with E-state index in [0.717, 1.165) is 31.2 Å². The average molecular weight is 411 g/mol. The summed E-state index contributed by atoms with van der Waals surface area (Å²) in [6, 6.07) is 5.56. The minimum atomic E-state index is -3.88. The third-order valence-corrected chi connectivity index (χ3v) is 6.34. The van der Waals surface area contributed by atoms with Crippen molar-refractivity contribution >= 4 is 21.9 Å². The molecular formula is C20H30N2O5S. The molecule has 0 aliphatic heterocycles. The highest BCUT2D eigenvalue weighted by molar-refractivity contribution is 7.89. The fourth-order valence-corrected chi connectivity index (χ4v) is 4.28. The van der Waals surface area contributed by atoms with Gasteiger partial charge in [-0.1, -0.05) is 45.7 Å². The van der Waals surface area contributed by atoms with Crippen LogP contribution < -0.4 is 10.0 Å². The van der Waals surface area contributed by atoms with E-state index in [1.165, 1.54) is 19.1 Å². The van der Waals surface area contributed by atoms with E-state index < -0.39 is 28.6 Å². The molecule has 1 atom stereocenters. The van der Waals surface area contributed by atoms with E-state index in [-0.39, 0.29) is 22.3 Å². The Labute approximate surface area is 167 Å². The molecule has 1 aliphatic carbocycles. The fourth-order valence-electron chi connectivity index (χ4n) is 3.08. The first kappa shape index (κ1) is 22.4. The summed E-state index contributed by atoms with van der Waals surface area (Å²) in [7, 11) is -3.88. The number of hydrogen-bond donors (Lipinski definition) is 2. The molecule has 1 aliphatic rings. The molecule has 1 aromatic rings. The van der Waals surface area contributed by atoms with Gasteiger partial charge in [0, 0.05) is 6.04 Å². The Balaban J connectivity index is 1.88. The van der Waals surface area contributed by atoms with Gasteiger partial charge in [0.1, 0.15) is 6.04 Å². The van der Waals surface area contributed by atoms with Crippen LogP contribution in [0.5, 0.6) is 0 Å². The molecule has 0 heterocycles. The zero-order chi connectivity index (χ0) is 20.9. The Morgan fingerprint density at radius 3 is 2.25 bits per heavy atom. The lowest BCUT2D eigenvalue weighted by Gasteiger charge is -2.19. The lowest BCUT2D eigenvalue weighted by atomic mass is 9.87. The average Bonchev–Trinajstić information content (AvgIpc) is 3.11. The highest BCUT2D eigenvalue weighted by Crippen LogP contribution is 2.23. The molecule has 0 aromatic heterocycles. The molecule has 0 unspecified atom stereocenters. The second-order valence-electron chi connectivity index (χ2n) is 8.27. The largest absolute Gasteiger partial charge is 0.454 e. The van der Waals surface area contributed by atoms with Crippen molar-refractivity contribution in [3.8, 4) is 0 Å². The van der Waals surface area contributed by atoms with Gasteiger partial charge in [0.2, 0.25) is 10.0 Å². The third-order valence-electron chi connectivity index (χ3n) is 4.78. The lowest BCUT2D eigenvalue weighted by molar-refractivity contribution is -0.149. The highest BCUT2D eigenvalue weighted by atomic mass is 32.2. The van der Waals surface area contributed by atoms with Gasteiger partial charge in [-0.2, -0.15) is 4.72 Å². The summed E-state index contributed by atoms with van der Waals surface area (Å²) >= 11 is 0. The molecule has 1 fully saturated rings. The lowest BCUT2D eigenvalue weighted by Crippen LogP contribution is -2.41. The van der Waals surface area contributed by atoms with Crippen molar-refractivity contribution in [3.63, 3.8) is 0 Å². The molecule has 2 rings (SSSR count). The van der Waals surface area contributed by atoms with E-state index >= 15 is 0 Å². The van der Waals surface area contributed by atoms with Crippen LogP contribution in [0.3, 0.4) is 0 Å². The summed E-state index contributed by atoms with van der Waals surface area (Å²) in [5.74, 6) is -1.16. The number of benzene rings is 1. The number of ether oxygens (including phenoxy) is 1. The molecule has 8 heteroatoms. The normalized spacial score (nSPS) is 16.6. The SMILES string of the molecule is C[C@H](NS(=O)(=O)c1ccc(C(C)(C)C)cc1)C(=O)OCC(=O)NC1CCCC1. The number of rotatable bonds is 7. The molecule has 0 spiro atoms. The Morgan fingerprint density at radius 2 is 1.71 bits per heavy atom. The topological polar surface area (TPSA) is 102 Å². The number of esters is 1. The summed E-state index contributed by atoms with van der Waals surface area (Å²) in [6.45, 7) is 7.08. The van der Waals surface area contributed by atoms with Crippen molar-refractivity contribution in [3.05, 3.63) is 29.8 Å². The molecule has 1 saturated carbocycles. The number of hydrogen-bond acceptors (Lipinski definition) is 5. The van der Waals surface area contributed by atoms with Crippen LogP contribution in [-0.2, 0) is 29.8 Å². The van der Waals surface area contributed by atoms with Crippen LogP contribution in [-0.4, -0.2) is 39.0 Å². The molecule has 156 valence electrons. The van der Waals surface area contributed by atoms with E-state index in [1.54, 1.807) is 12.1 Å². The minimum Gasteiger partial charge on any atom is -0.454 e. The Hall–Kier alpha value is -1.93. The van der Waals surface area contributed by atoms with Crippen molar-refractivity contribution in [1.29, 1.82) is 0 Å². The molecule has 1 amide bonds. The first-order chi connectivity index (χ1) is 13.0. The molecule has 28 heavy (non-hydrogen) atoms. The number of carbonyl (C=O) groups is 2. The van der Waals surface area contributed by atoms with E-state index in [1.807, 2.05) is 20.8 Å². The van der Waals surface area contributed by atoms with Gasteiger partial charge in [-0.15, -0.1) is 0 Å². The molecule has 7 nitrogen and oxygen atoms in total. The van der Waals surface area contributed by atoms with Gasteiger partial charge in [-0.25, -0.2) is 8.42 Å². The van der Waals surface area contributed by atoms with Crippen LogP contribution in [0.4, 0.5) is 0 Å². The number of sulfonamides is 1. The number of nitrogens with one attached hydrogen (secondary N) is 2. The van der Waals surface area contributed by atoms with Gasteiger partial charge in [-0.05, 0) is 42.9 Å². The Bertz CT molecular complexity index is 791. The van der Waals surface area contributed by atoms with E-state index in [0.29, 0.717) is 0 Å². The number of amides is 1. The van der Waals surface area contributed by atoms with Crippen LogP contribution in [0.1, 0.15) is 58.9 Å². The molecule has 2 N–H and O–H groups in total. The van der Waals surface area contributed by atoms with Crippen LogP contribution in [0.25, 0.3) is 0 Å². The minimum absolute atomic E-state index is 0.0686. The molecule has 0 bridgehead atoms. The Morgan fingerprint density at radius 1 is 1.14 bits per heavy atom. The van der Waals surface area contributed by atoms with Gasteiger partial charge in [0.25, 0.3) is 5.91 Å². The van der Waals surface area contributed by atoms with E-state index in [2.05, 4.69) is 10.0 Å². The molecule has 1 aromatic carbocycles. The maximum absolute atomic E-state index is 12.5.